The van der Waals surface area contributed by atoms with Gasteiger partial charge in [-0.2, -0.15) is 0 Å². The van der Waals surface area contributed by atoms with Gasteiger partial charge in [0.25, 0.3) is 0 Å². The Kier molecular flexibility index (Phi) is 3.79. The molecule has 0 aromatic carbocycles. The van der Waals surface area contributed by atoms with Crippen molar-refractivity contribution < 1.29 is 0 Å². The molecule has 0 saturated carbocycles. The number of nitrogens with zero attached hydrogens (tertiary/aromatic N) is 2. The molecule has 0 aliphatic carbocycles. The summed E-state index contributed by atoms with van der Waals surface area (Å²) in [6, 6.07) is 0. The van der Waals surface area contributed by atoms with Gasteiger partial charge < -0.3 is 0 Å². The first-order chi connectivity index (χ1) is 5.39. The molecular weight excluding hydrogens is 176 g/mol. The second-order valence-corrected chi connectivity index (χ2v) is 3.63. The van der Waals surface area contributed by atoms with Crippen LogP contribution in [0.3, 0.4) is 0 Å². The monoisotopic (exact) mass is 184 g/mol. The Labute approximate surface area is 73.6 Å². The van der Waals surface area contributed by atoms with Crippen molar-refractivity contribution >= 4 is 22.7 Å². The molecular formula is C7H8N2S2. The molecule has 0 saturated heterocycles. The van der Waals surface area contributed by atoms with Gasteiger partial charge in [-0.25, -0.2) is 0 Å². The second-order valence-electron chi connectivity index (χ2n) is 1.79. The Balaban J connectivity index is 0.000000112. The van der Waals surface area contributed by atoms with Gasteiger partial charge >= 0.3 is 0 Å². The van der Waals surface area contributed by atoms with E-state index in [1.165, 1.54) is 4.88 Å². The maximum Gasteiger partial charge on any atom is 0.0794 e. The normalized spacial score (nSPS) is 8.45. The highest BCUT2D eigenvalue weighted by molar-refractivity contribution is 7.09. The first-order valence-corrected chi connectivity index (χ1v) is 4.89. The van der Waals surface area contributed by atoms with Crippen molar-refractivity contribution in [3.05, 3.63) is 33.7 Å². The van der Waals surface area contributed by atoms with Crippen molar-refractivity contribution in [2.75, 3.05) is 0 Å². The first-order valence-electron chi connectivity index (χ1n) is 3.07. The summed E-state index contributed by atoms with van der Waals surface area (Å²) in [6.45, 7) is 2.04. The fourth-order valence-electron chi connectivity index (χ4n) is 0.455. The van der Waals surface area contributed by atoms with Gasteiger partial charge in [-0.3, -0.25) is 9.97 Å². The minimum absolute atomic E-state index is 1.27. The Bertz CT molecular complexity index is 233. The third-order valence-electron chi connectivity index (χ3n) is 0.903. The Morgan fingerprint density at radius 2 is 2.18 bits per heavy atom. The maximum atomic E-state index is 3.84. The molecule has 2 aromatic heterocycles. The molecule has 2 aromatic rings. The largest absolute Gasteiger partial charge is 0.253 e. The first kappa shape index (κ1) is 8.36. The van der Waals surface area contributed by atoms with Crippen LogP contribution >= 0.6 is 22.7 Å². The van der Waals surface area contributed by atoms with E-state index in [-0.39, 0.29) is 0 Å². The molecule has 0 atom stereocenters. The summed E-state index contributed by atoms with van der Waals surface area (Å²) in [4.78, 5) is 8.85. The molecule has 0 spiro atoms. The second kappa shape index (κ2) is 4.98. The summed E-state index contributed by atoms with van der Waals surface area (Å²) in [7, 11) is 0. The van der Waals surface area contributed by atoms with Crippen LogP contribution in [0.15, 0.2) is 28.8 Å². The third kappa shape index (κ3) is 3.85. The molecule has 0 radical (unpaired) electrons. The topological polar surface area (TPSA) is 25.8 Å². The van der Waals surface area contributed by atoms with E-state index < -0.39 is 0 Å². The molecule has 0 amide bonds. The molecule has 0 N–H and O–H groups in total. The highest BCUT2D eigenvalue weighted by atomic mass is 32.1. The summed E-state index contributed by atoms with van der Waals surface area (Å²) in [6.07, 6.45) is 3.62. The van der Waals surface area contributed by atoms with E-state index in [1.54, 1.807) is 34.4 Å². The Morgan fingerprint density at radius 3 is 2.36 bits per heavy atom. The summed E-state index contributed by atoms with van der Waals surface area (Å²) < 4.78 is 0. The Morgan fingerprint density at radius 1 is 1.27 bits per heavy atom. The smallest absolute Gasteiger partial charge is 0.0794 e. The van der Waals surface area contributed by atoms with Crippen LogP contribution in [-0.4, -0.2) is 9.97 Å². The van der Waals surface area contributed by atoms with Gasteiger partial charge in [0.2, 0.25) is 0 Å². The molecule has 4 heteroatoms. The predicted octanol–water partition coefficient (Wildman–Crippen LogP) is 2.59. The van der Waals surface area contributed by atoms with Crippen molar-refractivity contribution in [2.45, 2.75) is 6.92 Å². The standard InChI is InChI=1S/C4H5NS.C3H3NS/c1-4-2-5-3-6-4;1-2-5-3-4-1/h2-3H,1H3;1-3H. The zero-order valence-electron chi connectivity index (χ0n) is 6.10. The van der Waals surface area contributed by atoms with Crippen molar-refractivity contribution in [2.24, 2.45) is 0 Å². The highest BCUT2D eigenvalue weighted by Crippen LogP contribution is 1.99. The zero-order valence-corrected chi connectivity index (χ0v) is 7.73. The van der Waals surface area contributed by atoms with Gasteiger partial charge in [-0.15, -0.1) is 22.7 Å². The molecule has 0 unspecified atom stereocenters. The summed E-state index contributed by atoms with van der Waals surface area (Å²) in [5.74, 6) is 0. The van der Waals surface area contributed by atoms with Crippen molar-refractivity contribution in [1.29, 1.82) is 0 Å². The van der Waals surface area contributed by atoms with Crippen LogP contribution in [0.5, 0.6) is 0 Å². The van der Waals surface area contributed by atoms with E-state index >= 15 is 0 Å². The number of aryl methyl sites for hydroxylation is 1. The molecule has 0 aliphatic rings. The van der Waals surface area contributed by atoms with E-state index in [1.807, 2.05) is 24.0 Å². The quantitative estimate of drug-likeness (QED) is 0.629. The van der Waals surface area contributed by atoms with Crippen LogP contribution in [0.2, 0.25) is 0 Å². The van der Waals surface area contributed by atoms with Gasteiger partial charge in [-0.1, -0.05) is 0 Å². The van der Waals surface area contributed by atoms with Crippen molar-refractivity contribution in [1.82, 2.24) is 9.97 Å². The third-order valence-corrected chi connectivity index (χ3v) is 2.13. The zero-order chi connectivity index (χ0) is 7.94. The molecule has 2 nitrogen and oxygen atoms in total. The van der Waals surface area contributed by atoms with E-state index in [0.717, 1.165) is 0 Å². The lowest BCUT2D eigenvalue weighted by Crippen LogP contribution is -1.48. The van der Waals surface area contributed by atoms with Gasteiger partial charge in [0, 0.05) is 22.7 Å². The summed E-state index contributed by atoms with van der Waals surface area (Å²) in [5.41, 5.74) is 3.62. The number of rotatable bonds is 0. The lowest BCUT2D eigenvalue weighted by atomic mass is 10.7. The van der Waals surface area contributed by atoms with Crippen LogP contribution in [0.25, 0.3) is 0 Å². The fourth-order valence-corrected chi connectivity index (χ4v) is 1.22. The average Bonchev–Trinajstić information content (AvgIpc) is 2.57. The molecule has 11 heavy (non-hydrogen) atoms. The molecule has 2 heterocycles. The molecule has 0 bridgehead atoms. The van der Waals surface area contributed by atoms with Crippen LogP contribution in [0.4, 0.5) is 0 Å². The van der Waals surface area contributed by atoms with Gasteiger partial charge in [0.15, 0.2) is 0 Å². The van der Waals surface area contributed by atoms with Crippen LogP contribution in [0, 0.1) is 6.92 Å². The van der Waals surface area contributed by atoms with Gasteiger partial charge in [-0.05, 0) is 6.92 Å². The SMILES string of the molecule is Cc1cncs1.c1cscn1. The average molecular weight is 184 g/mol. The van der Waals surface area contributed by atoms with E-state index in [2.05, 4.69) is 9.97 Å². The van der Waals surface area contributed by atoms with E-state index in [9.17, 15) is 0 Å². The molecule has 0 aliphatic heterocycles. The number of hydrogen-bond donors (Lipinski definition) is 0. The fraction of sp³-hybridized carbons (Fsp3) is 0.143. The minimum atomic E-state index is 1.27. The summed E-state index contributed by atoms with van der Waals surface area (Å²) >= 11 is 3.27. The molecule has 58 valence electrons. The predicted molar refractivity (Wildman–Crippen MR) is 49.0 cm³/mol. The van der Waals surface area contributed by atoms with Crippen LogP contribution < -0.4 is 0 Å². The van der Waals surface area contributed by atoms with E-state index in [4.69, 9.17) is 0 Å². The Hall–Kier alpha value is -0.740. The van der Waals surface area contributed by atoms with Gasteiger partial charge in [0.05, 0.1) is 11.0 Å². The van der Waals surface area contributed by atoms with Gasteiger partial charge in [0.1, 0.15) is 0 Å². The number of thiazole rings is 2. The molecule has 0 fully saturated rings. The number of aromatic nitrogens is 2. The minimum Gasteiger partial charge on any atom is -0.253 e. The van der Waals surface area contributed by atoms with Crippen LogP contribution in [-0.2, 0) is 0 Å². The van der Waals surface area contributed by atoms with Crippen molar-refractivity contribution in [3.8, 4) is 0 Å². The van der Waals surface area contributed by atoms with Crippen LogP contribution in [0.1, 0.15) is 4.88 Å². The lowest BCUT2D eigenvalue weighted by molar-refractivity contribution is 1.39. The van der Waals surface area contributed by atoms with Crippen molar-refractivity contribution in [3.63, 3.8) is 0 Å². The number of hydrogen-bond acceptors (Lipinski definition) is 4. The molecule has 2 rings (SSSR count). The highest BCUT2D eigenvalue weighted by Gasteiger charge is 1.76. The maximum absolute atomic E-state index is 3.84. The summed E-state index contributed by atoms with van der Waals surface area (Å²) in [5, 5.41) is 1.93. The van der Waals surface area contributed by atoms with E-state index in [0.29, 0.717) is 0 Å². The lowest BCUT2D eigenvalue weighted by Gasteiger charge is -1.63.